The van der Waals surface area contributed by atoms with Gasteiger partial charge in [0.05, 0.1) is 31.2 Å². The summed E-state index contributed by atoms with van der Waals surface area (Å²) in [6, 6.07) is 24.6. The van der Waals surface area contributed by atoms with Crippen molar-refractivity contribution in [1.29, 1.82) is 0 Å². The number of benzene rings is 4. The van der Waals surface area contributed by atoms with Crippen molar-refractivity contribution in [2.45, 2.75) is 16.7 Å². The van der Waals surface area contributed by atoms with E-state index in [1.165, 1.54) is 48.5 Å². The second-order valence-electron chi connectivity index (χ2n) is 8.44. The van der Waals surface area contributed by atoms with Gasteiger partial charge in [-0.25, -0.2) is 16.8 Å². The number of nitrogens with zero attached hydrogens (tertiary/aromatic N) is 1. The smallest absolute Gasteiger partial charge is 0.264 e. The number of sulfonamides is 2. The minimum absolute atomic E-state index is 0.0428. The minimum atomic E-state index is -4.06. The van der Waals surface area contributed by atoms with Crippen LogP contribution >= 0.6 is 23.2 Å². The number of carbonyl (C=O) groups excluding carboxylic acids is 1. The van der Waals surface area contributed by atoms with Crippen LogP contribution in [0.1, 0.15) is 5.56 Å². The third-order valence-corrected chi connectivity index (χ3v) is 9.54. The van der Waals surface area contributed by atoms with Crippen LogP contribution in [0.4, 0.5) is 17.1 Å². The monoisotopic (exact) mass is 603 g/mol. The van der Waals surface area contributed by atoms with Crippen molar-refractivity contribution in [2.24, 2.45) is 0 Å². The van der Waals surface area contributed by atoms with Crippen molar-refractivity contribution in [3.63, 3.8) is 0 Å². The Bertz CT molecular complexity index is 1710. The average molecular weight is 605 g/mol. The van der Waals surface area contributed by atoms with Gasteiger partial charge in [-0.2, -0.15) is 0 Å². The molecule has 0 saturated heterocycles. The Balaban J connectivity index is 1.53. The molecule has 12 heteroatoms. The lowest BCUT2D eigenvalue weighted by Crippen LogP contribution is -2.38. The van der Waals surface area contributed by atoms with Gasteiger partial charge in [0.1, 0.15) is 6.54 Å². The highest BCUT2D eigenvalue weighted by Crippen LogP contribution is 2.31. The Hall–Kier alpha value is -3.57. The molecular weight excluding hydrogens is 581 g/mol. The van der Waals surface area contributed by atoms with Crippen LogP contribution in [0.15, 0.2) is 107 Å². The lowest BCUT2D eigenvalue weighted by Gasteiger charge is -2.24. The Morgan fingerprint density at radius 1 is 0.795 bits per heavy atom. The summed E-state index contributed by atoms with van der Waals surface area (Å²) in [5.41, 5.74) is 1.56. The van der Waals surface area contributed by atoms with Gasteiger partial charge in [-0.15, -0.1) is 0 Å². The zero-order valence-corrected chi connectivity index (χ0v) is 23.7. The molecule has 0 saturated carbocycles. The predicted molar refractivity (Wildman–Crippen MR) is 154 cm³/mol. The second kappa shape index (κ2) is 11.7. The van der Waals surface area contributed by atoms with Crippen LogP contribution in [0, 0.1) is 6.92 Å². The molecule has 202 valence electrons. The van der Waals surface area contributed by atoms with Crippen LogP contribution in [-0.4, -0.2) is 29.3 Å². The van der Waals surface area contributed by atoms with E-state index in [9.17, 15) is 21.6 Å². The van der Waals surface area contributed by atoms with E-state index >= 15 is 0 Å². The first kappa shape index (κ1) is 28.4. The molecule has 1 amide bonds. The average Bonchev–Trinajstić information content (AvgIpc) is 2.90. The molecule has 4 aromatic carbocycles. The summed E-state index contributed by atoms with van der Waals surface area (Å²) in [5, 5.41) is 2.89. The number of anilines is 3. The Kier molecular flexibility index (Phi) is 8.51. The van der Waals surface area contributed by atoms with E-state index in [-0.39, 0.29) is 31.2 Å². The molecule has 0 heterocycles. The Labute approximate surface area is 237 Å². The van der Waals surface area contributed by atoms with Gasteiger partial charge in [-0.3, -0.25) is 13.8 Å². The summed E-state index contributed by atoms with van der Waals surface area (Å²) in [6.45, 7) is 1.32. The summed E-state index contributed by atoms with van der Waals surface area (Å²) in [7, 11) is -8.06. The maximum absolute atomic E-state index is 13.4. The van der Waals surface area contributed by atoms with Crippen molar-refractivity contribution < 1.29 is 21.6 Å². The molecule has 0 aromatic heterocycles. The highest BCUT2D eigenvalue weighted by molar-refractivity contribution is 7.93. The number of aryl methyl sites for hydroxylation is 1. The molecule has 0 spiro atoms. The maximum Gasteiger partial charge on any atom is 0.264 e. The molecular formula is C27H23Cl2N3O5S2. The standard InChI is InChI=1S/C27H23Cl2N3O5S2/c1-19-7-5-8-21(17-19)32(39(36,37)23-9-3-2-4-10-23)18-26(33)30-20-13-15-22(16-14-20)38(34,35)31-25-12-6-11-24(28)27(25)29/h2-17,31H,18H2,1H3,(H,30,33). The molecule has 0 radical (unpaired) electrons. The highest BCUT2D eigenvalue weighted by Gasteiger charge is 2.27. The topological polar surface area (TPSA) is 113 Å². The summed E-state index contributed by atoms with van der Waals surface area (Å²) in [6.07, 6.45) is 0. The number of carbonyl (C=O) groups is 1. The molecule has 0 unspecified atom stereocenters. The van der Waals surface area contributed by atoms with Gasteiger partial charge in [0.25, 0.3) is 20.0 Å². The number of hydrogen-bond donors (Lipinski definition) is 2. The van der Waals surface area contributed by atoms with E-state index in [1.54, 1.807) is 42.5 Å². The van der Waals surface area contributed by atoms with Crippen molar-refractivity contribution in [2.75, 3.05) is 20.9 Å². The Morgan fingerprint density at radius 3 is 2.13 bits per heavy atom. The molecule has 0 aliphatic rings. The van der Waals surface area contributed by atoms with Gasteiger partial charge in [0, 0.05) is 5.69 Å². The lowest BCUT2D eigenvalue weighted by molar-refractivity contribution is -0.114. The Morgan fingerprint density at radius 2 is 1.46 bits per heavy atom. The van der Waals surface area contributed by atoms with Crippen LogP contribution in [-0.2, 0) is 24.8 Å². The third-order valence-electron chi connectivity index (χ3n) is 5.55. The van der Waals surface area contributed by atoms with Gasteiger partial charge in [-0.1, -0.05) is 59.6 Å². The van der Waals surface area contributed by atoms with Gasteiger partial charge in [-0.05, 0) is 73.2 Å². The van der Waals surface area contributed by atoms with Crippen LogP contribution in [0.3, 0.4) is 0 Å². The summed E-state index contributed by atoms with van der Waals surface area (Å²) in [4.78, 5) is 12.9. The first-order valence-electron chi connectivity index (χ1n) is 11.5. The quantitative estimate of drug-likeness (QED) is 0.246. The van der Waals surface area contributed by atoms with Crippen LogP contribution in [0.25, 0.3) is 0 Å². The lowest BCUT2D eigenvalue weighted by atomic mass is 10.2. The molecule has 8 nitrogen and oxygen atoms in total. The highest BCUT2D eigenvalue weighted by atomic mass is 35.5. The van der Waals surface area contributed by atoms with E-state index in [2.05, 4.69) is 10.0 Å². The number of halogens is 2. The number of amides is 1. The fraction of sp³-hybridized carbons (Fsp3) is 0.0741. The number of nitrogens with one attached hydrogen (secondary N) is 2. The normalized spacial score (nSPS) is 11.6. The van der Waals surface area contributed by atoms with Crippen molar-refractivity contribution in [3.8, 4) is 0 Å². The van der Waals surface area contributed by atoms with Gasteiger partial charge < -0.3 is 5.32 Å². The predicted octanol–water partition coefficient (Wildman–Crippen LogP) is 5.94. The fourth-order valence-electron chi connectivity index (χ4n) is 3.65. The summed E-state index contributed by atoms with van der Waals surface area (Å²) >= 11 is 12.0. The third kappa shape index (κ3) is 6.72. The SMILES string of the molecule is Cc1cccc(N(CC(=O)Nc2ccc(S(=O)(=O)Nc3cccc(Cl)c3Cl)cc2)S(=O)(=O)c2ccccc2)c1. The molecule has 0 bridgehead atoms. The van der Waals surface area contributed by atoms with Crippen LogP contribution in [0.5, 0.6) is 0 Å². The number of hydrogen-bond acceptors (Lipinski definition) is 5. The van der Waals surface area contributed by atoms with Gasteiger partial charge in [0.2, 0.25) is 5.91 Å². The number of rotatable bonds is 9. The molecule has 0 fully saturated rings. The maximum atomic E-state index is 13.4. The molecule has 0 aliphatic carbocycles. The molecule has 0 atom stereocenters. The van der Waals surface area contributed by atoms with Crippen LogP contribution < -0.4 is 14.3 Å². The van der Waals surface area contributed by atoms with Crippen molar-refractivity contribution in [3.05, 3.63) is 113 Å². The summed E-state index contributed by atoms with van der Waals surface area (Å²) < 4.78 is 55.9. The largest absolute Gasteiger partial charge is 0.325 e. The first-order chi connectivity index (χ1) is 18.5. The fourth-order valence-corrected chi connectivity index (χ4v) is 6.56. The van der Waals surface area contributed by atoms with E-state index in [0.717, 1.165) is 9.87 Å². The first-order valence-corrected chi connectivity index (χ1v) is 15.2. The van der Waals surface area contributed by atoms with Crippen LogP contribution in [0.2, 0.25) is 10.0 Å². The van der Waals surface area contributed by atoms with Crippen molar-refractivity contribution in [1.82, 2.24) is 0 Å². The minimum Gasteiger partial charge on any atom is -0.325 e. The van der Waals surface area contributed by atoms with Gasteiger partial charge >= 0.3 is 0 Å². The zero-order valence-electron chi connectivity index (χ0n) is 20.5. The van der Waals surface area contributed by atoms with E-state index < -0.39 is 32.5 Å². The van der Waals surface area contributed by atoms with E-state index in [4.69, 9.17) is 23.2 Å². The second-order valence-corrected chi connectivity index (χ2v) is 12.8. The van der Waals surface area contributed by atoms with E-state index in [0.29, 0.717) is 5.69 Å². The molecule has 2 N–H and O–H groups in total. The zero-order chi connectivity index (χ0) is 28.2. The molecule has 39 heavy (non-hydrogen) atoms. The summed E-state index contributed by atoms with van der Waals surface area (Å²) in [5.74, 6) is -0.615. The molecule has 4 rings (SSSR count). The van der Waals surface area contributed by atoms with E-state index in [1.807, 2.05) is 13.0 Å². The molecule has 0 aliphatic heterocycles. The molecule has 4 aromatic rings. The van der Waals surface area contributed by atoms with Gasteiger partial charge in [0.15, 0.2) is 0 Å². The van der Waals surface area contributed by atoms with Crippen molar-refractivity contribution >= 4 is 66.2 Å².